The van der Waals surface area contributed by atoms with Gasteiger partial charge in [0.1, 0.15) is 0 Å². The van der Waals surface area contributed by atoms with Crippen molar-refractivity contribution in [3.05, 3.63) is 88.9 Å². The molecule has 9 heteroatoms. The third-order valence-corrected chi connectivity index (χ3v) is 5.88. The maximum absolute atomic E-state index is 12.9. The standard InChI is InChI=1S/C24H20ClF3N2O2S/c1-15(23(32)30-19-5-2-4-17(13-19)24(26,27)28)33-21-7-3-6-20(14-21)29-22(31)12-16-8-10-18(25)11-9-16/h2-11,13-15H,12H2,1H3,(H,29,31)(H,30,32). The lowest BCUT2D eigenvalue weighted by Gasteiger charge is -2.14. The lowest BCUT2D eigenvalue weighted by atomic mass is 10.1. The van der Waals surface area contributed by atoms with Crippen LogP contribution in [0.1, 0.15) is 18.1 Å². The summed E-state index contributed by atoms with van der Waals surface area (Å²) in [7, 11) is 0. The van der Waals surface area contributed by atoms with E-state index in [1.807, 2.05) is 0 Å². The molecule has 3 aromatic carbocycles. The highest BCUT2D eigenvalue weighted by Crippen LogP contribution is 2.31. The fraction of sp³-hybridized carbons (Fsp3) is 0.167. The number of rotatable bonds is 7. The Kier molecular flexibility index (Phi) is 8.05. The van der Waals surface area contributed by atoms with E-state index in [0.717, 1.165) is 22.6 Å². The fourth-order valence-corrected chi connectivity index (χ4v) is 3.97. The van der Waals surface area contributed by atoms with E-state index in [4.69, 9.17) is 11.6 Å². The Labute approximate surface area is 198 Å². The zero-order valence-corrected chi connectivity index (χ0v) is 19.0. The van der Waals surface area contributed by atoms with E-state index in [9.17, 15) is 22.8 Å². The summed E-state index contributed by atoms with van der Waals surface area (Å²) in [6.45, 7) is 1.65. The summed E-state index contributed by atoms with van der Waals surface area (Å²) in [6, 6.07) is 18.5. The minimum absolute atomic E-state index is 0.0745. The van der Waals surface area contributed by atoms with Gasteiger partial charge in [0.15, 0.2) is 0 Å². The van der Waals surface area contributed by atoms with Crippen molar-refractivity contribution in [2.24, 2.45) is 0 Å². The van der Waals surface area contributed by atoms with Crippen LogP contribution in [0.2, 0.25) is 5.02 Å². The molecular formula is C24H20ClF3N2O2S. The summed E-state index contributed by atoms with van der Waals surface area (Å²) in [5, 5.41) is 5.34. The molecule has 0 radical (unpaired) electrons. The van der Waals surface area contributed by atoms with Gasteiger partial charge in [0.2, 0.25) is 11.8 Å². The highest BCUT2D eigenvalue weighted by molar-refractivity contribution is 8.00. The predicted octanol–water partition coefficient (Wildman–Crippen LogP) is 6.66. The molecule has 0 heterocycles. The average molecular weight is 493 g/mol. The van der Waals surface area contributed by atoms with Crippen molar-refractivity contribution in [1.82, 2.24) is 0 Å². The molecule has 4 nitrogen and oxygen atoms in total. The highest BCUT2D eigenvalue weighted by atomic mass is 35.5. The monoisotopic (exact) mass is 492 g/mol. The van der Waals surface area contributed by atoms with Gasteiger partial charge in [-0.1, -0.05) is 35.9 Å². The van der Waals surface area contributed by atoms with Gasteiger partial charge in [0.25, 0.3) is 0 Å². The Morgan fingerprint density at radius 2 is 1.58 bits per heavy atom. The van der Waals surface area contributed by atoms with Gasteiger partial charge in [-0.05, 0) is 61.0 Å². The van der Waals surface area contributed by atoms with Crippen molar-refractivity contribution >= 4 is 46.6 Å². The molecule has 3 rings (SSSR count). The molecule has 0 bridgehead atoms. The molecule has 3 aromatic rings. The number of carbonyl (C=O) groups is 2. The van der Waals surface area contributed by atoms with Gasteiger partial charge in [-0.3, -0.25) is 9.59 Å². The minimum atomic E-state index is -4.49. The number of hydrogen-bond acceptors (Lipinski definition) is 3. The molecular weight excluding hydrogens is 473 g/mol. The molecule has 1 unspecified atom stereocenters. The van der Waals surface area contributed by atoms with Gasteiger partial charge in [0, 0.05) is 21.3 Å². The molecule has 0 spiro atoms. The van der Waals surface area contributed by atoms with E-state index in [2.05, 4.69) is 10.6 Å². The van der Waals surface area contributed by atoms with Gasteiger partial charge >= 0.3 is 6.18 Å². The smallest absolute Gasteiger partial charge is 0.326 e. The molecule has 1 atom stereocenters. The van der Waals surface area contributed by atoms with Crippen molar-refractivity contribution in [3.8, 4) is 0 Å². The summed E-state index contributed by atoms with van der Waals surface area (Å²) in [6.07, 6.45) is -4.30. The van der Waals surface area contributed by atoms with Gasteiger partial charge in [0.05, 0.1) is 17.2 Å². The van der Waals surface area contributed by atoms with Crippen molar-refractivity contribution in [3.63, 3.8) is 0 Å². The van der Waals surface area contributed by atoms with Crippen LogP contribution in [-0.2, 0) is 22.2 Å². The first kappa shape index (κ1) is 24.7. The molecule has 0 saturated carbocycles. The van der Waals surface area contributed by atoms with E-state index in [0.29, 0.717) is 10.7 Å². The first-order valence-corrected chi connectivity index (χ1v) is 11.1. The number of alkyl halides is 3. The summed E-state index contributed by atoms with van der Waals surface area (Å²) < 4.78 is 38.6. The maximum Gasteiger partial charge on any atom is 0.416 e. The number of amides is 2. The van der Waals surface area contributed by atoms with Crippen LogP contribution in [0, 0.1) is 0 Å². The topological polar surface area (TPSA) is 58.2 Å². The molecule has 33 heavy (non-hydrogen) atoms. The van der Waals surface area contributed by atoms with Crippen LogP contribution in [0.4, 0.5) is 24.5 Å². The Hall–Kier alpha value is -2.97. The van der Waals surface area contributed by atoms with Crippen molar-refractivity contribution < 1.29 is 22.8 Å². The number of hydrogen-bond donors (Lipinski definition) is 2. The molecule has 2 amide bonds. The summed E-state index contributed by atoms with van der Waals surface area (Å²) in [4.78, 5) is 25.5. The Morgan fingerprint density at radius 1 is 0.939 bits per heavy atom. The zero-order valence-electron chi connectivity index (χ0n) is 17.4. The maximum atomic E-state index is 12.9. The molecule has 172 valence electrons. The van der Waals surface area contributed by atoms with Crippen LogP contribution in [0.5, 0.6) is 0 Å². The largest absolute Gasteiger partial charge is 0.416 e. The molecule has 2 N–H and O–H groups in total. The van der Waals surface area contributed by atoms with Crippen LogP contribution in [0.3, 0.4) is 0 Å². The Morgan fingerprint density at radius 3 is 2.24 bits per heavy atom. The highest BCUT2D eigenvalue weighted by Gasteiger charge is 2.30. The van der Waals surface area contributed by atoms with Crippen LogP contribution in [0.25, 0.3) is 0 Å². The number of anilines is 2. The first-order valence-electron chi connectivity index (χ1n) is 9.89. The third-order valence-electron chi connectivity index (χ3n) is 4.54. The normalized spacial score (nSPS) is 12.2. The molecule has 0 aliphatic heterocycles. The second-order valence-electron chi connectivity index (χ2n) is 7.21. The number of thioether (sulfide) groups is 1. The first-order chi connectivity index (χ1) is 15.6. The van der Waals surface area contributed by atoms with Gasteiger partial charge in [-0.25, -0.2) is 0 Å². The van der Waals surface area contributed by atoms with Crippen molar-refractivity contribution in [2.75, 3.05) is 10.6 Å². The number of halogens is 4. The fourth-order valence-electron chi connectivity index (χ4n) is 2.91. The zero-order chi connectivity index (χ0) is 24.0. The molecule has 0 aliphatic rings. The number of nitrogens with one attached hydrogen (secondary N) is 2. The second kappa shape index (κ2) is 10.8. The second-order valence-corrected chi connectivity index (χ2v) is 9.06. The SMILES string of the molecule is CC(Sc1cccc(NC(=O)Cc2ccc(Cl)cc2)c1)C(=O)Nc1cccc(C(F)(F)F)c1. The van der Waals surface area contributed by atoms with E-state index < -0.39 is 22.9 Å². The summed E-state index contributed by atoms with van der Waals surface area (Å²) in [5.74, 6) is -0.633. The predicted molar refractivity (Wildman–Crippen MR) is 126 cm³/mol. The van der Waals surface area contributed by atoms with Crippen molar-refractivity contribution in [1.29, 1.82) is 0 Å². The minimum Gasteiger partial charge on any atom is -0.326 e. The van der Waals surface area contributed by atoms with Crippen molar-refractivity contribution in [2.45, 2.75) is 29.7 Å². The molecule has 0 saturated heterocycles. The summed E-state index contributed by atoms with van der Waals surface area (Å²) >= 11 is 7.08. The van der Waals surface area contributed by atoms with Gasteiger partial charge < -0.3 is 10.6 Å². The lowest BCUT2D eigenvalue weighted by molar-refractivity contribution is -0.137. The quantitative estimate of drug-likeness (QED) is 0.363. The molecule has 0 aromatic heterocycles. The van der Waals surface area contributed by atoms with E-state index in [-0.39, 0.29) is 18.0 Å². The van der Waals surface area contributed by atoms with Gasteiger partial charge in [-0.15, -0.1) is 11.8 Å². The van der Waals surface area contributed by atoms with Crippen LogP contribution >= 0.6 is 23.4 Å². The van der Waals surface area contributed by atoms with Crippen LogP contribution < -0.4 is 10.6 Å². The third kappa shape index (κ3) is 7.54. The lowest BCUT2D eigenvalue weighted by Crippen LogP contribution is -2.22. The molecule has 0 aliphatic carbocycles. The van der Waals surface area contributed by atoms with E-state index >= 15 is 0 Å². The Bertz CT molecular complexity index is 1140. The number of carbonyl (C=O) groups excluding carboxylic acids is 2. The number of benzene rings is 3. The van der Waals surface area contributed by atoms with E-state index in [1.54, 1.807) is 55.5 Å². The average Bonchev–Trinajstić information content (AvgIpc) is 2.75. The van der Waals surface area contributed by atoms with E-state index in [1.165, 1.54) is 23.9 Å². The van der Waals surface area contributed by atoms with Crippen LogP contribution in [0.15, 0.2) is 77.7 Å². The van der Waals surface area contributed by atoms with Crippen LogP contribution in [-0.4, -0.2) is 17.1 Å². The molecule has 0 fully saturated rings. The van der Waals surface area contributed by atoms with Gasteiger partial charge in [-0.2, -0.15) is 13.2 Å². The summed E-state index contributed by atoms with van der Waals surface area (Å²) in [5.41, 5.74) is 0.639. The Balaban J connectivity index is 1.58.